The van der Waals surface area contributed by atoms with Crippen LogP contribution >= 0.6 is 0 Å². The molecule has 2 amide bonds. The summed E-state index contributed by atoms with van der Waals surface area (Å²) in [5.74, 6) is 0. The van der Waals surface area contributed by atoms with Crippen LogP contribution in [0.3, 0.4) is 0 Å². The van der Waals surface area contributed by atoms with Crippen molar-refractivity contribution in [3.63, 3.8) is 0 Å². The SMILES string of the molecule is CCc1ccc(N2CCN(C(=O)NCc3ccccc3)CC2)cc1. The maximum Gasteiger partial charge on any atom is 0.317 e. The van der Waals surface area contributed by atoms with Crippen LogP contribution in [0.25, 0.3) is 0 Å². The lowest BCUT2D eigenvalue weighted by Gasteiger charge is -2.36. The number of urea groups is 1. The quantitative estimate of drug-likeness (QED) is 0.937. The van der Waals surface area contributed by atoms with Gasteiger partial charge in [0.1, 0.15) is 0 Å². The molecule has 0 spiro atoms. The van der Waals surface area contributed by atoms with Gasteiger partial charge in [0, 0.05) is 38.4 Å². The topological polar surface area (TPSA) is 35.6 Å². The average Bonchev–Trinajstić information content (AvgIpc) is 2.67. The number of amides is 2. The Kier molecular flexibility index (Phi) is 5.36. The molecule has 3 rings (SSSR count). The second-order valence-electron chi connectivity index (χ2n) is 6.14. The first kappa shape index (κ1) is 16.4. The van der Waals surface area contributed by atoms with Crippen LogP contribution in [0.15, 0.2) is 54.6 Å². The average molecular weight is 323 g/mol. The number of rotatable bonds is 4. The Morgan fingerprint density at radius 2 is 1.58 bits per heavy atom. The van der Waals surface area contributed by atoms with E-state index in [2.05, 4.69) is 41.4 Å². The van der Waals surface area contributed by atoms with Crippen LogP contribution in [0, 0.1) is 0 Å². The predicted molar refractivity (Wildman–Crippen MR) is 98.3 cm³/mol. The van der Waals surface area contributed by atoms with Crippen molar-refractivity contribution in [2.75, 3.05) is 31.1 Å². The van der Waals surface area contributed by atoms with E-state index in [9.17, 15) is 4.79 Å². The molecule has 1 heterocycles. The van der Waals surface area contributed by atoms with Crippen molar-refractivity contribution in [2.24, 2.45) is 0 Å². The zero-order valence-electron chi connectivity index (χ0n) is 14.2. The highest BCUT2D eigenvalue weighted by atomic mass is 16.2. The van der Waals surface area contributed by atoms with Crippen molar-refractivity contribution < 1.29 is 4.79 Å². The molecule has 0 bridgehead atoms. The maximum absolute atomic E-state index is 12.3. The predicted octanol–water partition coefficient (Wildman–Crippen LogP) is 3.28. The molecule has 0 aliphatic carbocycles. The van der Waals surface area contributed by atoms with Gasteiger partial charge in [-0.1, -0.05) is 49.4 Å². The Bertz CT molecular complexity index is 646. The van der Waals surface area contributed by atoms with E-state index in [1.807, 2.05) is 35.2 Å². The first-order chi connectivity index (χ1) is 11.8. The van der Waals surface area contributed by atoms with Gasteiger partial charge >= 0.3 is 6.03 Å². The molecule has 1 aliphatic rings. The Balaban J connectivity index is 1.48. The summed E-state index contributed by atoms with van der Waals surface area (Å²) >= 11 is 0. The summed E-state index contributed by atoms with van der Waals surface area (Å²) in [6.45, 7) is 6.03. The van der Waals surface area contributed by atoms with Gasteiger partial charge in [-0.05, 0) is 29.7 Å². The first-order valence-corrected chi connectivity index (χ1v) is 8.67. The van der Waals surface area contributed by atoms with Crippen molar-refractivity contribution >= 4 is 11.7 Å². The zero-order valence-corrected chi connectivity index (χ0v) is 14.2. The van der Waals surface area contributed by atoms with Gasteiger partial charge in [-0.15, -0.1) is 0 Å². The van der Waals surface area contributed by atoms with Gasteiger partial charge in [0.2, 0.25) is 0 Å². The standard InChI is InChI=1S/C20H25N3O/c1-2-17-8-10-19(11-9-17)22-12-14-23(15-13-22)20(24)21-16-18-6-4-3-5-7-18/h3-11H,2,12-16H2,1H3,(H,21,24). The molecule has 126 valence electrons. The number of hydrogen-bond donors (Lipinski definition) is 1. The van der Waals surface area contributed by atoms with Gasteiger partial charge < -0.3 is 15.1 Å². The van der Waals surface area contributed by atoms with Crippen molar-refractivity contribution in [1.29, 1.82) is 0 Å². The van der Waals surface area contributed by atoms with Crippen molar-refractivity contribution in [3.8, 4) is 0 Å². The van der Waals surface area contributed by atoms with E-state index in [0.717, 1.165) is 38.2 Å². The summed E-state index contributed by atoms with van der Waals surface area (Å²) < 4.78 is 0. The molecule has 0 saturated carbocycles. The lowest BCUT2D eigenvalue weighted by Crippen LogP contribution is -2.51. The van der Waals surface area contributed by atoms with E-state index in [1.165, 1.54) is 11.3 Å². The summed E-state index contributed by atoms with van der Waals surface area (Å²) in [4.78, 5) is 16.5. The number of anilines is 1. The molecule has 24 heavy (non-hydrogen) atoms. The van der Waals surface area contributed by atoms with Gasteiger partial charge in [0.15, 0.2) is 0 Å². The molecule has 1 aliphatic heterocycles. The maximum atomic E-state index is 12.3. The van der Waals surface area contributed by atoms with Gasteiger partial charge in [-0.2, -0.15) is 0 Å². The van der Waals surface area contributed by atoms with E-state index in [1.54, 1.807) is 0 Å². The highest BCUT2D eigenvalue weighted by Gasteiger charge is 2.20. The second kappa shape index (κ2) is 7.86. The summed E-state index contributed by atoms with van der Waals surface area (Å²) in [7, 11) is 0. The molecule has 1 saturated heterocycles. The molecule has 0 radical (unpaired) electrons. The highest BCUT2D eigenvalue weighted by molar-refractivity contribution is 5.74. The van der Waals surface area contributed by atoms with E-state index >= 15 is 0 Å². The lowest BCUT2D eigenvalue weighted by molar-refractivity contribution is 0.194. The third kappa shape index (κ3) is 4.07. The third-order valence-corrected chi connectivity index (χ3v) is 4.56. The zero-order chi connectivity index (χ0) is 16.8. The molecule has 4 heteroatoms. The minimum absolute atomic E-state index is 0.0276. The second-order valence-corrected chi connectivity index (χ2v) is 6.14. The van der Waals surface area contributed by atoms with Crippen LogP contribution in [0.2, 0.25) is 0 Å². The Morgan fingerprint density at radius 3 is 2.21 bits per heavy atom. The number of piperazine rings is 1. The number of nitrogens with zero attached hydrogens (tertiary/aromatic N) is 2. The smallest absolute Gasteiger partial charge is 0.317 e. The Hall–Kier alpha value is -2.49. The van der Waals surface area contributed by atoms with Gasteiger partial charge in [-0.3, -0.25) is 0 Å². The largest absolute Gasteiger partial charge is 0.368 e. The molecule has 0 atom stereocenters. The Morgan fingerprint density at radius 1 is 0.917 bits per heavy atom. The van der Waals surface area contributed by atoms with Crippen LogP contribution in [0.1, 0.15) is 18.1 Å². The van der Waals surface area contributed by atoms with Crippen LogP contribution in [-0.2, 0) is 13.0 Å². The number of nitrogens with one attached hydrogen (secondary N) is 1. The minimum Gasteiger partial charge on any atom is -0.368 e. The van der Waals surface area contributed by atoms with Gasteiger partial charge in [0.25, 0.3) is 0 Å². The molecule has 4 nitrogen and oxygen atoms in total. The Labute approximate surface area is 144 Å². The number of carbonyl (C=O) groups excluding carboxylic acids is 1. The summed E-state index contributed by atoms with van der Waals surface area (Å²) in [6.07, 6.45) is 1.07. The molecule has 2 aromatic carbocycles. The van der Waals surface area contributed by atoms with Crippen molar-refractivity contribution in [3.05, 3.63) is 65.7 Å². The number of hydrogen-bond acceptors (Lipinski definition) is 2. The number of carbonyl (C=O) groups is 1. The normalized spacial score (nSPS) is 14.5. The van der Waals surface area contributed by atoms with E-state index < -0.39 is 0 Å². The molecule has 1 fully saturated rings. The molecular formula is C20H25N3O. The monoisotopic (exact) mass is 323 g/mol. The van der Waals surface area contributed by atoms with Crippen molar-refractivity contribution in [1.82, 2.24) is 10.2 Å². The fraction of sp³-hybridized carbons (Fsp3) is 0.350. The first-order valence-electron chi connectivity index (χ1n) is 8.67. The molecule has 1 N–H and O–H groups in total. The van der Waals surface area contributed by atoms with Gasteiger partial charge in [0.05, 0.1) is 0 Å². The highest BCUT2D eigenvalue weighted by Crippen LogP contribution is 2.17. The molecular weight excluding hydrogens is 298 g/mol. The third-order valence-electron chi connectivity index (χ3n) is 4.56. The number of benzene rings is 2. The fourth-order valence-corrected chi connectivity index (χ4v) is 3.00. The van der Waals surface area contributed by atoms with Crippen LogP contribution < -0.4 is 10.2 Å². The van der Waals surface area contributed by atoms with Crippen LogP contribution in [0.4, 0.5) is 10.5 Å². The van der Waals surface area contributed by atoms with Crippen LogP contribution in [-0.4, -0.2) is 37.1 Å². The number of aryl methyl sites for hydroxylation is 1. The van der Waals surface area contributed by atoms with E-state index in [0.29, 0.717) is 6.54 Å². The summed E-state index contributed by atoms with van der Waals surface area (Å²) in [5, 5.41) is 3.01. The summed E-state index contributed by atoms with van der Waals surface area (Å²) in [6, 6.07) is 18.8. The minimum atomic E-state index is 0.0276. The van der Waals surface area contributed by atoms with Crippen LogP contribution in [0.5, 0.6) is 0 Å². The lowest BCUT2D eigenvalue weighted by atomic mass is 10.1. The van der Waals surface area contributed by atoms with E-state index in [4.69, 9.17) is 0 Å². The van der Waals surface area contributed by atoms with Gasteiger partial charge in [-0.25, -0.2) is 4.79 Å². The molecule has 0 unspecified atom stereocenters. The fourth-order valence-electron chi connectivity index (χ4n) is 3.00. The molecule has 0 aromatic heterocycles. The van der Waals surface area contributed by atoms with E-state index in [-0.39, 0.29) is 6.03 Å². The molecule has 2 aromatic rings. The summed E-state index contributed by atoms with van der Waals surface area (Å²) in [5.41, 5.74) is 3.73. The van der Waals surface area contributed by atoms with Crippen molar-refractivity contribution in [2.45, 2.75) is 19.9 Å².